The van der Waals surface area contributed by atoms with Crippen molar-refractivity contribution in [2.75, 3.05) is 38.0 Å². The third-order valence-electron chi connectivity index (χ3n) is 4.29. The van der Waals surface area contributed by atoms with Gasteiger partial charge in [-0.05, 0) is 29.6 Å². The fourth-order valence-electron chi connectivity index (χ4n) is 2.81. The Bertz CT molecular complexity index is 800. The zero-order valence-electron chi connectivity index (χ0n) is 14.3. The second-order valence-electron chi connectivity index (χ2n) is 6.08. The summed E-state index contributed by atoms with van der Waals surface area (Å²) < 4.78 is 38.2. The van der Waals surface area contributed by atoms with Crippen molar-refractivity contribution in [3.05, 3.63) is 52.2 Å². The van der Waals surface area contributed by atoms with Crippen LogP contribution in [-0.2, 0) is 11.0 Å². The summed E-state index contributed by atoms with van der Waals surface area (Å²) >= 11 is 1.38. The first-order valence-electron chi connectivity index (χ1n) is 8.36. The first kappa shape index (κ1) is 19.2. The molecule has 0 radical (unpaired) electrons. The zero-order valence-corrected chi connectivity index (χ0v) is 15.1. The van der Waals surface area contributed by atoms with Crippen molar-refractivity contribution in [1.29, 1.82) is 0 Å². The molecule has 1 N–H and O–H groups in total. The van der Waals surface area contributed by atoms with Crippen LogP contribution >= 0.6 is 11.3 Å². The average molecular weight is 397 g/mol. The lowest BCUT2D eigenvalue weighted by molar-refractivity contribution is -0.137. The molecular weight excluding hydrogens is 379 g/mol. The number of hydrogen-bond donors (Lipinski definition) is 1. The van der Waals surface area contributed by atoms with Crippen LogP contribution in [0.1, 0.15) is 15.2 Å². The molecule has 5 nitrogen and oxygen atoms in total. The van der Waals surface area contributed by atoms with Crippen molar-refractivity contribution in [2.24, 2.45) is 0 Å². The minimum absolute atomic E-state index is 0.0424. The first-order chi connectivity index (χ1) is 12.8. The maximum Gasteiger partial charge on any atom is 0.416 e. The molecule has 27 heavy (non-hydrogen) atoms. The van der Waals surface area contributed by atoms with Gasteiger partial charge in [-0.15, -0.1) is 11.3 Å². The molecule has 1 aromatic heterocycles. The molecule has 2 heterocycles. The van der Waals surface area contributed by atoms with Crippen molar-refractivity contribution in [1.82, 2.24) is 9.80 Å². The molecule has 0 aliphatic carbocycles. The van der Waals surface area contributed by atoms with Crippen molar-refractivity contribution in [3.8, 4) is 0 Å². The van der Waals surface area contributed by atoms with Crippen molar-refractivity contribution in [2.45, 2.75) is 6.18 Å². The van der Waals surface area contributed by atoms with Gasteiger partial charge in [0.05, 0.1) is 17.0 Å². The number of hydrogen-bond acceptors (Lipinski definition) is 4. The van der Waals surface area contributed by atoms with Crippen LogP contribution in [0, 0.1) is 0 Å². The lowest BCUT2D eigenvalue weighted by atomic mass is 10.2. The van der Waals surface area contributed by atoms with Crippen molar-refractivity contribution >= 4 is 28.8 Å². The topological polar surface area (TPSA) is 52.7 Å². The van der Waals surface area contributed by atoms with Gasteiger partial charge in [0.25, 0.3) is 5.91 Å². The largest absolute Gasteiger partial charge is 0.416 e. The maximum atomic E-state index is 12.7. The van der Waals surface area contributed by atoms with Crippen molar-refractivity contribution in [3.63, 3.8) is 0 Å². The smallest absolute Gasteiger partial charge is 0.376 e. The Morgan fingerprint density at radius 2 is 1.74 bits per heavy atom. The summed E-state index contributed by atoms with van der Waals surface area (Å²) in [5.74, 6) is -0.255. The molecular formula is C18H18F3N3O2S. The molecule has 2 aromatic rings. The molecule has 0 atom stereocenters. The van der Waals surface area contributed by atoms with Gasteiger partial charge in [0.1, 0.15) is 0 Å². The number of nitrogens with zero attached hydrogens (tertiary/aromatic N) is 2. The summed E-state index contributed by atoms with van der Waals surface area (Å²) in [4.78, 5) is 28.6. The third-order valence-corrected chi connectivity index (χ3v) is 5.14. The minimum atomic E-state index is -4.42. The zero-order chi connectivity index (χ0) is 19.4. The van der Waals surface area contributed by atoms with E-state index in [0.29, 0.717) is 31.1 Å². The fourth-order valence-corrected chi connectivity index (χ4v) is 3.50. The maximum absolute atomic E-state index is 12.7. The van der Waals surface area contributed by atoms with Gasteiger partial charge in [0, 0.05) is 31.9 Å². The molecule has 0 unspecified atom stereocenters. The highest BCUT2D eigenvalue weighted by atomic mass is 32.1. The molecule has 0 saturated carbocycles. The van der Waals surface area contributed by atoms with Gasteiger partial charge in [-0.3, -0.25) is 9.59 Å². The summed E-state index contributed by atoms with van der Waals surface area (Å²) in [6, 6.07) is 8.33. The van der Waals surface area contributed by atoms with Crippen LogP contribution in [0.25, 0.3) is 0 Å². The van der Waals surface area contributed by atoms with E-state index in [1.54, 1.807) is 15.9 Å². The number of rotatable bonds is 4. The second-order valence-corrected chi connectivity index (χ2v) is 7.03. The van der Waals surface area contributed by atoms with E-state index in [9.17, 15) is 22.8 Å². The predicted octanol–water partition coefficient (Wildman–Crippen LogP) is 3.16. The van der Waals surface area contributed by atoms with Crippen LogP contribution < -0.4 is 5.32 Å². The quantitative estimate of drug-likeness (QED) is 0.862. The number of piperazine rings is 1. The predicted molar refractivity (Wildman–Crippen MR) is 96.7 cm³/mol. The van der Waals surface area contributed by atoms with Gasteiger partial charge >= 0.3 is 6.18 Å². The Hall–Kier alpha value is -2.55. The van der Waals surface area contributed by atoms with Crippen LogP contribution in [0.5, 0.6) is 0 Å². The monoisotopic (exact) mass is 397 g/mol. The molecule has 1 aliphatic rings. The van der Waals surface area contributed by atoms with Crippen LogP contribution in [-0.4, -0.2) is 54.3 Å². The molecule has 1 aromatic carbocycles. The molecule has 144 valence electrons. The number of benzene rings is 1. The molecule has 2 amide bonds. The van der Waals surface area contributed by atoms with Gasteiger partial charge in [0.2, 0.25) is 5.91 Å². The van der Waals surface area contributed by atoms with E-state index in [2.05, 4.69) is 5.32 Å². The summed E-state index contributed by atoms with van der Waals surface area (Å²) in [7, 11) is 0. The lowest BCUT2D eigenvalue weighted by Crippen LogP contribution is -2.51. The number of thiophene rings is 1. The standard InChI is InChI=1S/C18H18F3N3O2S/c19-18(20,21)13-3-1-4-14(11-13)22-12-16(25)23-6-8-24(9-7-23)17(26)15-5-2-10-27-15/h1-5,10-11,22H,6-9,12H2. The third kappa shape index (κ3) is 4.79. The van der Waals surface area contributed by atoms with Crippen LogP contribution in [0.4, 0.5) is 18.9 Å². The Balaban J connectivity index is 1.49. The molecule has 0 spiro atoms. The fraction of sp³-hybridized carbons (Fsp3) is 0.333. The molecule has 3 rings (SSSR count). The summed E-state index contributed by atoms with van der Waals surface area (Å²) in [5, 5.41) is 4.58. The summed E-state index contributed by atoms with van der Waals surface area (Å²) in [6.45, 7) is 1.58. The van der Waals surface area contributed by atoms with E-state index in [4.69, 9.17) is 0 Å². The van der Waals surface area contributed by atoms with Gasteiger partial charge in [-0.25, -0.2) is 0 Å². The van der Waals surface area contributed by atoms with E-state index < -0.39 is 11.7 Å². The second kappa shape index (κ2) is 7.99. The van der Waals surface area contributed by atoms with Crippen LogP contribution in [0.15, 0.2) is 41.8 Å². The molecule has 1 saturated heterocycles. The Morgan fingerprint density at radius 3 is 2.37 bits per heavy atom. The number of anilines is 1. The highest BCUT2D eigenvalue weighted by Gasteiger charge is 2.30. The number of carbonyl (C=O) groups excluding carboxylic acids is 2. The van der Waals surface area contributed by atoms with Crippen LogP contribution in [0.3, 0.4) is 0 Å². The lowest BCUT2D eigenvalue weighted by Gasteiger charge is -2.34. The molecule has 1 fully saturated rings. The van der Waals surface area contributed by atoms with Crippen molar-refractivity contribution < 1.29 is 22.8 Å². The van der Waals surface area contributed by atoms with Crippen LogP contribution in [0.2, 0.25) is 0 Å². The van der Waals surface area contributed by atoms with E-state index in [0.717, 1.165) is 12.1 Å². The number of amides is 2. The van der Waals surface area contributed by atoms with E-state index in [-0.39, 0.29) is 24.0 Å². The number of carbonyl (C=O) groups is 2. The summed E-state index contributed by atoms with van der Waals surface area (Å²) in [6.07, 6.45) is -4.42. The normalized spacial score (nSPS) is 14.9. The number of halogens is 3. The van der Waals surface area contributed by atoms with Gasteiger partial charge in [-0.1, -0.05) is 12.1 Å². The highest BCUT2D eigenvalue weighted by molar-refractivity contribution is 7.12. The first-order valence-corrected chi connectivity index (χ1v) is 9.24. The Kier molecular flexibility index (Phi) is 5.69. The highest BCUT2D eigenvalue weighted by Crippen LogP contribution is 2.30. The SMILES string of the molecule is O=C(CNc1cccc(C(F)(F)F)c1)N1CCN(C(=O)c2cccs2)CC1. The van der Waals surface area contributed by atoms with E-state index in [1.165, 1.54) is 23.5 Å². The average Bonchev–Trinajstić information content (AvgIpc) is 3.20. The molecule has 9 heteroatoms. The molecule has 0 bridgehead atoms. The van der Waals surface area contributed by atoms with E-state index in [1.807, 2.05) is 11.4 Å². The summed E-state index contributed by atoms with van der Waals surface area (Å²) in [5.41, 5.74) is -0.523. The van der Waals surface area contributed by atoms with E-state index >= 15 is 0 Å². The van der Waals surface area contributed by atoms with Gasteiger partial charge in [-0.2, -0.15) is 13.2 Å². The Labute approximate surface area is 158 Å². The van der Waals surface area contributed by atoms with Gasteiger partial charge in [0.15, 0.2) is 0 Å². The minimum Gasteiger partial charge on any atom is -0.376 e. The van der Waals surface area contributed by atoms with Gasteiger partial charge < -0.3 is 15.1 Å². The number of alkyl halides is 3. The Morgan fingerprint density at radius 1 is 1.04 bits per heavy atom. The molecule has 1 aliphatic heterocycles. The number of nitrogens with one attached hydrogen (secondary N) is 1.